The number of pyridine rings is 1. The van der Waals surface area contributed by atoms with Gasteiger partial charge in [0.15, 0.2) is 11.2 Å². The van der Waals surface area contributed by atoms with E-state index in [1.54, 1.807) is 26.2 Å². The van der Waals surface area contributed by atoms with E-state index in [0.717, 1.165) is 5.56 Å². The smallest absolute Gasteiger partial charge is 0.394 e. The van der Waals surface area contributed by atoms with E-state index in [2.05, 4.69) is 15.0 Å². The Balaban J connectivity index is 1.46. The van der Waals surface area contributed by atoms with E-state index in [0.29, 0.717) is 31.2 Å². The molecule has 9 nitrogen and oxygen atoms in total. The van der Waals surface area contributed by atoms with Crippen molar-refractivity contribution in [1.29, 1.82) is 0 Å². The molecule has 4 heterocycles. The fourth-order valence-corrected chi connectivity index (χ4v) is 6.31. The summed E-state index contributed by atoms with van der Waals surface area (Å²) in [6, 6.07) is 3.57. The molecule has 3 aromatic heterocycles. The second kappa shape index (κ2) is 7.86. The molecule has 196 valence electrons. The van der Waals surface area contributed by atoms with Crippen molar-refractivity contribution < 1.29 is 22.6 Å². The number of fused-ring (bicyclic) bond motifs is 1. The molecular weight excluding hydrogens is 491 g/mol. The standard InChI is InChI=1S/C25H26F3N5O4/c1-13-30-20-19(21(34)32(13)2)31-18(22(35)33(20)24-10-23(11-24,12-24)25(26,27)28)15-5-7-37-16(8-15)14-4-6-29-17(9-14)36-3/h4,6,9,15-16H,5,7-8,10-12H2,1-3H3/t15-,16+,23?,24?/m0/s1. The van der Waals surface area contributed by atoms with Crippen LogP contribution in [0.4, 0.5) is 13.2 Å². The highest BCUT2D eigenvalue weighted by Crippen LogP contribution is 2.76. The normalized spacial score (nSPS) is 29.0. The molecule has 4 fully saturated rings. The number of alkyl halides is 3. The Morgan fingerprint density at radius 2 is 1.89 bits per heavy atom. The second-order valence-corrected chi connectivity index (χ2v) is 10.6. The summed E-state index contributed by atoms with van der Waals surface area (Å²) in [6.07, 6.45) is -2.74. The van der Waals surface area contributed by atoms with Crippen LogP contribution in [0.2, 0.25) is 0 Å². The number of hydrogen-bond acceptors (Lipinski definition) is 7. The van der Waals surface area contributed by atoms with Gasteiger partial charge in [-0.2, -0.15) is 13.2 Å². The third-order valence-corrected chi connectivity index (χ3v) is 8.43. The first-order valence-electron chi connectivity index (χ1n) is 12.2. The molecule has 37 heavy (non-hydrogen) atoms. The molecule has 4 aliphatic rings. The van der Waals surface area contributed by atoms with Gasteiger partial charge in [-0.15, -0.1) is 0 Å². The Morgan fingerprint density at radius 1 is 1.16 bits per heavy atom. The molecule has 3 aromatic rings. The number of nitrogens with zero attached hydrogens (tertiary/aromatic N) is 5. The van der Waals surface area contributed by atoms with E-state index >= 15 is 0 Å². The number of aromatic nitrogens is 5. The van der Waals surface area contributed by atoms with Crippen LogP contribution in [0.15, 0.2) is 27.9 Å². The molecule has 0 N–H and O–H groups in total. The largest absolute Gasteiger partial charge is 0.481 e. The van der Waals surface area contributed by atoms with Gasteiger partial charge in [-0.25, -0.2) is 15.0 Å². The van der Waals surface area contributed by atoms with Crippen LogP contribution in [0.3, 0.4) is 0 Å². The fourth-order valence-electron chi connectivity index (χ4n) is 6.31. The van der Waals surface area contributed by atoms with E-state index in [1.165, 1.54) is 16.2 Å². The number of methoxy groups -OCH3 is 1. The molecule has 2 bridgehead atoms. The monoisotopic (exact) mass is 517 g/mol. The van der Waals surface area contributed by atoms with Crippen LogP contribution in [0.5, 0.6) is 5.88 Å². The minimum Gasteiger partial charge on any atom is -0.481 e. The topological polar surface area (TPSA) is 101 Å². The molecule has 1 saturated heterocycles. The summed E-state index contributed by atoms with van der Waals surface area (Å²) in [5, 5.41) is 0. The van der Waals surface area contributed by atoms with Crippen LogP contribution in [-0.2, 0) is 17.3 Å². The van der Waals surface area contributed by atoms with Gasteiger partial charge in [-0.1, -0.05) is 0 Å². The lowest BCUT2D eigenvalue weighted by Gasteiger charge is -2.70. The third kappa shape index (κ3) is 3.37. The van der Waals surface area contributed by atoms with Gasteiger partial charge in [0.05, 0.1) is 24.2 Å². The molecule has 0 radical (unpaired) electrons. The highest BCUT2D eigenvalue weighted by molar-refractivity contribution is 5.70. The second-order valence-electron chi connectivity index (χ2n) is 10.6. The summed E-state index contributed by atoms with van der Waals surface area (Å²) >= 11 is 0. The van der Waals surface area contributed by atoms with Crippen LogP contribution in [-0.4, -0.2) is 44.0 Å². The first kappa shape index (κ1) is 24.1. The van der Waals surface area contributed by atoms with Gasteiger partial charge in [-0.3, -0.25) is 18.7 Å². The van der Waals surface area contributed by atoms with Gasteiger partial charge < -0.3 is 9.47 Å². The summed E-state index contributed by atoms with van der Waals surface area (Å²) in [7, 11) is 3.07. The van der Waals surface area contributed by atoms with Gasteiger partial charge in [0, 0.05) is 31.8 Å². The van der Waals surface area contributed by atoms with Crippen molar-refractivity contribution in [3.8, 4) is 5.88 Å². The molecule has 0 unspecified atom stereocenters. The SMILES string of the molecule is COc1cc([C@H]2C[C@@H](c3nc4c(=O)n(C)c(C)nc4n(C45CC(C(F)(F)F)(C4)C5)c3=O)CCO2)ccn1. The van der Waals surface area contributed by atoms with E-state index in [-0.39, 0.29) is 48.1 Å². The van der Waals surface area contributed by atoms with Crippen LogP contribution < -0.4 is 15.9 Å². The van der Waals surface area contributed by atoms with Crippen molar-refractivity contribution in [1.82, 2.24) is 24.1 Å². The summed E-state index contributed by atoms with van der Waals surface area (Å²) < 4.78 is 54.8. The molecule has 1 aliphatic heterocycles. The molecule has 7 rings (SSSR count). The Kier molecular flexibility index (Phi) is 5.11. The van der Waals surface area contributed by atoms with Gasteiger partial charge in [0.25, 0.3) is 11.1 Å². The lowest BCUT2D eigenvalue weighted by atomic mass is 9.39. The minimum atomic E-state index is -4.33. The van der Waals surface area contributed by atoms with Crippen LogP contribution in [0.25, 0.3) is 11.2 Å². The van der Waals surface area contributed by atoms with E-state index in [1.807, 2.05) is 6.07 Å². The highest BCUT2D eigenvalue weighted by Gasteiger charge is 2.79. The van der Waals surface area contributed by atoms with Crippen molar-refractivity contribution in [2.75, 3.05) is 13.7 Å². The highest BCUT2D eigenvalue weighted by atomic mass is 19.4. The molecule has 0 aromatic carbocycles. The Morgan fingerprint density at radius 3 is 2.57 bits per heavy atom. The average Bonchev–Trinajstić information content (AvgIpc) is 2.81. The van der Waals surface area contributed by atoms with Gasteiger partial charge in [0.1, 0.15) is 11.5 Å². The maximum atomic E-state index is 14.0. The number of ether oxygens (including phenoxy) is 2. The van der Waals surface area contributed by atoms with E-state index < -0.39 is 28.2 Å². The molecule has 0 spiro atoms. The first-order valence-corrected chi connectivity index (χ1v) is 12.2. The third-order valence-electron chi connectivity index (χ3n) is 8.43. The minimum absolute atomic E-state index is 0.00195. The van der Waals surface area contributed by atoms with Crippen molar-refractivity contribution in [3.05, 3.63) is 56.1 Å². The predicted octanol–water partition coefficient (Wildman–Crippen LogP) is 3.28. The average molecular weight is 518 g/mol. The molecule has 3 saturated carbocycles. The first-order chi connectivity index (χ1) is 17.5. The van der Waals surface area contributed by atoms with Crippen molar-refractivity contribution in [3.63, 3.8) is 0 Å². The number of rotatable bonds is 4. The van der Waals surface area contributed by atoms with Gasteiger partial charge in [0.2, 0.25) is 5.88 Å². The molecule has 3 aliphatic carbocycles. The quantitative estimate of drug-likeness (QED) is 0.524. The molecular formula is C25H26F3N5O4. The number of aryl methyl sites for hydroxylation is 1. The Bertz CT molecular complexity index is 1530. The van der Waals surface area contributed by atoms with Crippen LogP contribution in [0.1, 0.15) is 61.2 Å². The van der Waals surface area contributed by atoms with Gasteiger partial charge in [-0.05, 0) is 50.7 Å². The zero-order chi connectivity index (χ0) is 26.3. The Hall–Kier alpha value is -3.28. The zero-order valence-electron chi connectivity index (χ0n) is 20.6. The maximum Gasteiger partial charge on any atom is 0.394 e. The molecule has 12 heteroatoms. The van der Waals surface area contributed by atoms with E-state index in [4.69, 9.17) is 9.47 Å². The van der Waals surface area contributed by atoms with Crippen molar-refractivity contribution >= 4 is 11.2 Å². The Labute approximate surface area is 209 Å². The molecule has 0 amide bonds. The summed E-state index contributed by atoms with van der Waals surface area (Å²) in [4.78, 5) is 40.3. The van der Waals surface area contributed by atoms with Crippen molar-refractivity contribution in [2.24, 2.45) is 12.5 Å². The maximum absolute atomic E-state index is 14.0. The number of hydrogen-bond donors (Lipinski definition) is 0. The lowest BCUT2D eigenvalue weighted by molar-refractivity contribution is -0.354. The van der Waals surface area contributed by atoms with Crippen molar-refractivity contribution in [2.45, 2.75) is 62.8 Å². The zero-order valence-corrected chi connectivity index (χ0v) is 20.6. The predicted molar refractivity (Wildman–Crippen MR) is 126 cm³/mol. The molecule has 2 atom stereocenters. The van der Waals surface area contributed by atoms with E-state index in [9.17, 15) is 22.8 Å². The number of halogens is 3. The summed E-state index contributed by atoms with van der Waals surface area (Å²) in [5.41, 5.74) is -2.60. The lowest BCUT2D eigenvalue weighted by Crippen LogP contribution is -2.74. The van der Waals surface area contributed by atoms with Gasteiger partial charge >= 0.3 is 6.18 Å². The van der Waals surface area contributed by atoms with Crippen LogP contribution >= 0.6 is 0 Å². The van der Waals surface area contributed by atoms with Crippen LogP contribution in [0, 0.1) is 12.3 Å². The summed E-state index contributed by atoms with van der Waals surface area (Å²) in [6.45, 7) is 1.97. The summed E-state index contributed by atoms with van der Waals surface area (Å²) in [5.74, 6) is 0.438. The fraction of sp³-hybridized carbons (Fsp3) is 0.560.